The van der Waals surface area contributed by atoms with Gasteiger partial charge in [0.05, 0.1) is 6.26 Å². The minimum absolute atomic E-state index is 0.00120. The molecule has 0 fully saturated rings. The van der Waals surface area contributed by atoms with Crippen LogP contribution in [0.3, 0.4) is 0 Å². The van der Waals surface area contributed by atoms with Gasteiger partial charge in [-0.25, -0.2) is 0 Å². The van der Waals surface area contributed by atoms with Gasteiger partial charge in [-0.05, 0) is 37.6 Å². The number of nitrogens with zero attached hydrogens (tertiary/aromatic N) is 1. The van der Waals surface area contributed by atoms with Gasteiger partial charge >= 0.3 is 0 Å². The van der Waals surface area contributed by atoms with Gasteiger partial charge in [-0.1, -0.05) is 22.0 Å². The van der Waals surface area contributed by atoms with E-state index in [0.717, 1.165) is 21.4 Å². The maximum absolute atomic E-state index is 12.3. The second-order valence-electron chi connectivity index (χ2n) is 4.63. The summed E-state index contributed by atoms with van der Waals surface area (Å²) in [4.78, 5) is 14.0. The molecule has 2 aromatic rings. The standard InChI is InChI=1S/C15H16BrNO2/c1-10-4-5-12(8-14(10)16)15(18)17(3)9-13-6-7-19-11(13)2/h4-8H,9H2,1-3H3. The van der Waals surface area contributed by atoms with Gasteiger partial charge in [-0.15, -0.1) is 0 Å². The Bertz CT molecular complexity index is 604. The number of furan rings is 1. The van der Waals surface area contributed by atoms with Gasteiger partial charge in [0, 0.05) is 29.2 Å². The van der Waals surface area contributed by atoms with Crippen molar-refractivity contribution in [3.63, 3.8) is 0 Å². The first-order chi connectivity index (χ1) is 8.99. The zero-order chi connectivity index (χ0) is 14.0. The lowest BCUT2D eigenvalue weighted by atomic mass is 10.1. The van der Waals surface area contributed by atoms with E-state index in [0.29, 0.717) is 12.1 Å². The molecule has 1 heterocycles. The molecule has 0 saturated heterocycles. The number of aryl methyl sites for hydroxylation is 2. The Morgan fingerprint density at radius 1 is 1.32 bits per heavy atom. The molecule has 0 N–H and O–H groups in total. The lowest BCUT2D eigenvalue weighted by Crippen LogP contribution is -2.26. The first-order valence-electron chi connectivity index (χ1n) is 6.03. The van der Waals surface area contributed by atoms with Crippen LogP contribution in [0.1, 0.15) is 27.2 Å². The van der Waals surface area contributed by atoms with Crippen LogP contribution in [0.5, 0.6) is 0 Å². The third-order valence-electron chi connectivity index (χ3n) is 3.14. The Morgan fingerprint density at radius 3 is 2.63 bits per heavy atom. The molecule has 4 heteroatoms. The molecular weight excluding hydrogens is 306 g/mol. The number of carbonyl (C=O) groups excluding carboxylic acids is 1. The number of hydrogen-bond acceptors (Lipinski definition) is 2. The minimum atomic E-state index is 0.00120. The number of hydrogen-bond donors (Lipinski definition) is 0. The van der Waals surface area contributed by atoms with Gasteiger partial charge in [0.1, 0.15) is 5.76 Å². The molecule has 0 aliphatic heterocycles. The van der Waals surface area contributed by atoms with Crippen molar-refractivity contribution in [3.05, 3.63) is 57.5 Å². The predicted octanol–water partition coefficient (Wildman–Crippen LogP) is 3.93. The first kappa shape index (κ1) is 13.9. The molecule has 0 unspecified atom stereocenters. The monoisotopic (exact) mass is 321 g/mol. The van der Waals surface area contributed by atoms with Crippen LogP contribution in [0.25, 0.3) is 0 Å². The third-order valence-corrected chi connectivity index (χ3v) is 3.99. The van der Waals surface area contributed by atoms with E-state index in [1.54, 1.807) is 18.2 Å². The summed E-state index contributed by atoms with van der Waals surface area (Å²) in [6, 6.07) is 7.54. The van der Waals surface area contributed by atoms with Crippen molar-refractivity contribution >= 4 is 21.8 Å². The van der Waals surface area contributed by atoms with Crippen molar-refractivity contribution in [1.29, 1.82) is 0 Å². The summed E-state index contributed by atoms with van der Waals surface area (Å²) in [5.41, 5.74) is 2.83. The summed E-state index contributed by atoms with van der Waals surface area (Å²) < 4.78 is 6.19. The molecule has 0 radical (unpaired) electrons. The number of halogens is 1. The van der Waals surface area contributed by atoms with Gasteiger partial charge in [-0.2, -0.15) is 0 Å². The predicted molar refractivity (Wildman–Crippen MR) is 78.1 cm³/mol. The maximum atomic E-state index is 12.3. The second-order valence-corrected chi connectivity index (χ2v) is 5.48. The molecule has 100 valence electrons. The van der Waals surface area contributed by atoms with E-state index in [9.17, 15) is 4.79 Å². The molecular formula is C15H16BrNO2. The lowest BCUT2D eigenvalue weighted by Gasteiger charge is -2.17. The Morgan fingerprint density at radius 2 is 2.05 bits per heavy atom. The Hall–Kier alpha value is -1.55. The number of rotatable bonds is 3. The fourth-order valence-electron chi connectivity index (χ4n) is 1.85. The van der Waals surface area contributed by atoms with Gasteiger partial charge in [0.15, 0.2) is 0 Å². The van der Waals surface area contributed by atoms with Crippen LogP contribution in [0.4, 0.5) is 0 Å². The maximum Gasteiger partial charge on any atom is 0.253 e. The normalized spacial score (nSPS) is 10.5. The molecule has 19 heavy (non-hydrogen) atoms. The highest BCUT2D eigenvalue weighted by Crippen LogP contribution is 2.19. The van der Waals surface area contributed by atoms with E-state index in [-0.39, 0.29) is 5.91 Å². The molecule has 2 rings (SSSR count). The van der Waals surface area contributed by atoms with E-state index in [1.807, 2.05) is 38.1 Å². The molecule has 0 saturated carbocycles. The molecule has 0 spiro atoms. The lowest BCUT2D eigenvalue weighted by molar-refractivity contribution is 0.0784. The summed E-state index contributed by atoms with van der Waals surface area (Å²) in [6.07, 6.45) is 1.64. The van der Waals surface area contributed by atoms with E-state index >= 15 is 0 Å². The van der Waals surface area contributed by atoms with Crippen molar-refractivity contribution in [3.8, 4) is 0 Å². The fourth-order valence-corrected chi connectivity index (χ4v) is 2.23. The molecule has 1 aromatic carbocycles. The quantitative estimate of drug-likeness (QED) is 0.858. The van der Waals surface area contributed by atoms with E-state index in [4.69, 9.17) is 4.42 Å². The number of amides is 1. The van der Waals surface area contributed by atoms with Crippen molar-refractivity contribution < 1.29 is 9.21 Å². The first-order valence-corrected chi connectivity index (χ1v) is 6.83. The van der Waals surface area contributed by atoms with Crippen molar-refractivity contribution in [2.45, 2.75) is 20.4 Å². The van der Waals surface area contributed by atoms with Gasteiger partial charge < -0.3 is 9.32 Å². The summed E-state index contributed by atoms with van der Waals surface area (Å²) in [5.74, 6) is 0.853. The van der Waals surface area contributed by atoms with Gasteiger partial charge in [-0.3, -0.25) is 4.79 Å². The van der Waals surface area contributed by atoms with Crippen molar-refractivity contribution in [2.75, 3.05) is 7.05 Å². The highest BCUT2D eigenvalue weighted by molar-refractivity contribution is 9.10. The van der Waals surface area contributed by atoms with Crippen LogP contribution < -0.4 is 0 Å². The number of carbonyl (C=O) groups is 1. The molecule has 0 bridgehead atoms. The molecule has 1 amide bonds. The summed E-state index contributed by atoms with van der Waals surface area (Å²) in [6.45, 7) is 4.44. The van der Waals surface area contributed by atoms with Crippen LogP contribution in [0.2, 0.25) is 0 Å². The van der Waals surface area contributed by atoms with Crippen LogP contribution in [-0.2, 0) is 6.54 Å². The Kier molecular flexibility index (Phi) is 4.10. The smallest absolute Gasteiger partial charge is 0.253 e. The fraction of sp³-hybridized carbons (Fsp3) is 0.267. The molecule has 0 aliphatic carbocycles. The highest BCUT2D eigenvalue weighted by atomic mass is 79.9. The van der Waals surface area contributed by atoms with E-state index in [2.05, 4.69) is 15.9 Å². The van der Waals surface area contributed by atoms with Crippen LogP contribution >= 0.6 is 15.9 Å². The average Bonchev–Trinajstić information content (AvgIpc) is 2.77. The topological polar surface area (TPSA) is 33.5 Å². The van der Waals surface area contributed by atoms with Crippen LogP contribution in [0.15, 0.2) is 39.4 Å². The SMILES string of the molecule is Cc1ccc(C(=O)N(C)Cc2ccoc2C)cc1Br. The van der Waals surface area contributed by atoms with E-state index in [1.165, 1.54) is 0 Å². The second kappa shape index (κ2) is 5.61. The van der Waals surface area contributed by atoms with Crippen molar-refractivity contribution in [1.82, 2.24) is 4.90 Å². The van der Waals surface area contributed by atoms with Gasteiger partial charge in [0.25, 0.3) is 5.91 Å². The zero-order valence-electron chi connectivity index (χ0n) is 11.2. The number of benzene rings is 1. The highest BCUT2D eigenvalue weighted by Gasteiger charge is 2.14. The molecule has 3 nitrogen and oxygen atoms in total. The Balaban J connectivity index is 2.15. The molecule has 1 aromatic heterocycles. The molecule has 0 aliphatic rings. The van der Waals surface area contributed by atoms with E-state index < -0.39 is 0 Å². The Labute approximate surface area is 121 Å². The summed E-state index contributed by atoms with van der Waals surface area (Å²) in [7, 11) is 1.79. The minimum Gasteiger partial charge on any atom is -0.469 e. The molecule has 0 atom stereocenters. The van der Waals surface area contributed by atoms with Crippen LogP contribution in [-0.4, -0.2) is 17.9 Å². The van der Waals surface area contributed by atoms with Gasteiger partial charge in [0.2, 0.25) is 0 Å². The van der Waals surface area contributed by atoms with Crippen LogP contribution in [0, 0.1) is 13.8 Å². The summed E-state index contributed by atoms with van der Waals surface area (Å²) >= 11 is 3.45. The zero-order valence-corrected chi connectivity index (χ0v) is 12.8. The largest absolute Gasteiger partial charge is 0.469 e. The third kappa shape index (κ3) is 3.07. The summed E-state index contributed by atoms with van der Waals surface area (Å²) in [5, 5.41) is 0. The van der Waals surface area contributed by atoms with Crippen molar-refractivity contribution in [2.24, 2.45) is 0 Å². The average molecular weight is 322 g/mol.